The third-order valence-corrected chi connectivity index (χ3v) is 4.72. The third kappa shape index (κ3) is 2.83. The van der Waals surface area contributed by atoms with E-state index in [2.05, 4.69) is 51.0 Å². The molecule has 0 unspecified atom stereocenters. The lowest BCUT2D eigenvalue weighted by Crippen LogP contribution is -1.89. The number of benzene rings is 2. The van der Waals surface area contributed by atoms with Gasteiger partial charge in [-0.2, -0.15) is 0 Å². The summed E-state index contributed by atoms with van der Waals surface area (Å²) in [6.07, 6.45) is 0. The van der Waals surface area contributed by atoms with Gasteiger partial charge in [-0.3, -0.25) is 0 Å². The maximum absolute atomic E-state index is 5.89. The van der Waals surface area contributed by atoms with E-state index in [1.165, 1.54) is 11.1 Å². The van der Waals surface area contributed by atoms with Crippen molar-refractivity contribution in [1.29, 1.82) is 0 Å². The highest BCUT2D eigenvalue weighted by molar-refractivity contribution is 9.10. The lowest BCUT2D eigenvalue weighted by molar-refractivity contribution is 1.08. The molecule has 0 saturated carbocycles. The zero-order valence-corrected chi connectivity index (χ0v) is 13.4. The fourth-order valence-corrected chi connectivity index (χ4v) is 3.08. The number of nitrogens with zero attached hydrogens (tertiary/aromatic N) is 1. The molecule has 3 N–H and O–H groups in total. The number of imidazole rings is 1. The second-order valence-corrected chi connectivity index (χ2v) is 6.53. The standard InChI is InChI=1S/C15H14BrN3S/c1-9-2-5-13-14(6-9)19-15(18-13)20-8-10-3-4-11(16)12(17)7-10/h2-7H,8,17H2,1H3,(H,18,19). The van der Waals surface area contributed by atoms with Gasteiger partial charge in [0.1, 0.15) is 0 Å². The lowest BCUT2D eigenvalue weighted by Gasteiger charge is -2.02. The second kappa shape index (κ2) is 5.50. The first-order valence-electron chi connectivity index (χ1n) is 6.25. The Labute approximate surface area is 130 Å². The highest BCUT2D eigenvalue weighted by Crippen LogP contribution is 2.26. The number of nitrogens with two attached hydrogens (primary N) is 1. The van der Waals surface area contributed by atoms with Crippen molar-refractivity contribution in [2.45, 2.75) is 17.8 Å². The average molecular weight is 348 g/mol. The van der Waals surface area contributed by atoms with Gasteiger partial charge in [0, 0.05) is 15.9 Å². The van der Waals surface area contributed by atoms with Crippen LogP contribution in [0.5, 0.6) is 0 Å². The number of aromatic nitrogens is 2. The molecular weight excluding hydrogens is 334 g/mol. The summed E-state index contributed by atoms with van der Waals surface area (Å²) in [6.45, 7) is 2.08. The Bertz CT molecular complexity index is 767. The van der Waals surface area contributed by atoms with Crippen molar-refractivity contribution in [2.75, 3.05) is 5.73 Å². The lowest BCUT2D eigenvalue weighted by atomic mass is 10.2. The van der Waals surface area contributed by atoms with Crippen LogP contribution in [0.2, 0.25) is 0 Å². The van der Waals surface area contributed by atoms with E-state index in [0.717, 1.165) is 32.1 Å². The van der Waals surface area contributed by atoms with Crippen LogP contribution < -0.4 is 5.73 Å². The number of hydrogen-bond donors (Lipinski definition) is 2. The van der Waals surface area contributed by atoms with Crippen molar-refractivity contribution in [3.63, 3.8) is 0 Å². The van der Waals surface area contributed by atoms with Gasteiger partial charge in [-0.15, -0.1) is 0 Å². The van der Waals surface area contributed by atoms with Crippen LogP contribution in [0.25, 0.3) is 11.0 Å². The van der Waals surface area contributed by atoms with Crippen LogP contribution in [0.4, 0.5) is 5.69 Å². The zero-order chi connectivity index (χ0) is 14.1. The molecule has 20 heavy (non-hydrogen) atoms. The van der Waals surface area contributed by atoms with Gasteiger partial charge in [0.25, 0.3) is 0 Å². The Morgan fingerprint density at radius 1 is 1.25 bits per heavy atom. The van der Waals surface area contributed by atoms with E-state index in [1.54, 1.807) is 11.8 Å². The molecule has 0 fully saturated rings. The minimum absolute atomic E-state index is 0.767. The van der Waals surface area contributed by atoms with E-state index >= 15 is 0 Å². The Kier molecular flexibility index (Phi) is 3.72. The minimum atomic E-state index is 0.767. The average Bonchev–Trinajstić information content (AvgIpc) is 2.82. The molecule has 1 aromatic heterocycles. The Morgan fingerprint density at radius 2 is 2.10 bits per heavy atom. The normalized spacial score (nSPS) is 11.1. The fraction of sp³-hybridized carbons (Fsp3) is 0.133. The van der Waals surface area contributed by atoms with Crippen LogP contribution in [0.1, 0.15) is 11.1 Å². The van der Waals surface area contributed by atoms with Gasteiger partial charge in [0.05, 0.1) is 11.0 Å². The molecule has 0 aliphatic rings. The van der Waals surface area contributed by atoms with Gasteiger partial charge < -0.3 is 10.7 Å². The molecule has 0 atom stereocenters. The van der Waals surface area contributed by atoms with Crippen molar-refractivity contribution in [1.82, 2.24) is 9.97 Å². The summed E-state index contributed by atoms with van der Waals surface area (Å²) in [5.74, 6) is 0.844. The molecule has 1 heterocycles. The summed E-state index contributed by atoms with van der Waals surface area (Å²) in [6, 6.07) is 12.3. The highest BCUT2D eigenvalue weighted by Gasteiger charge is 2.05. The molecule has 3 nitrogen and oxygen atoms in total. The first-order chi connectivity index (χ1) is 9.61. The molecule has 102 valence electrons. The number of thioether (sulfide) groups is 1. The molecule has 0 amide bonds. The Hall–Kier alpha value is -1.46. The van der Waals surface area contributed by atoms with E-state index in [1.807, 2.05) is 18.2 Å². The Morgan fingerprint density at radius 3 is 2.90 bits per heavy atom. The third-order valence-electron chi connectivity index (χ3n) is 3.05. The van der Waals surface area contributed by atoms with Crippen LogP contribution in [0, 0.1) is 6.92 Å². The summed E-state index contributed by atoms with van der Waals surface area (Å²) in [5, 5.41) is 0.937. The Balaban J connectivity index is 1.77. The molecule has 0 saturated heterocycles. The first kappa shape index (κ1) is 13.5. The molecule has 0 aliphatic carbocycles. The molecule has 3 aromatic rings. The van der Waals surface area contributed by atoms with Crippen LogP contribution in [0.15, 0.2) is 46.0 Å². The first-order valence-corrected chi connectivity index (χ1v) is 8.03. The van der Waals surface area contributed by atoms with E-state index < -0.39 is 0 Å². The minimum Gasteiger partial charge on any atom is -0.398 e. The number of aryl methyl sites for hydroxylation is 1. The molecule has 0 aliphatic heterocycles. The molecule has 3 rings (SSSR count). The number of halogens is 1. The van der Waals surface area contributed by atoms with Crippen LogP contribution in [0.3, 0.4) is 0 Å². The largest absolute Gasteiger partial charge is 0.398 e. The van der Waals surface area contributed by atoms with Crippen molar-refractivity contribution < 1.29 is 0 Å². The topological polar surface area (TPSA) is 54.7 Å². The SMILES string of the molecule is Cc1ccc2nc(SCc3ccc(Br)c(N)c3)[nH]c2c1. The summed E-state index contributed by atoms with van der Waals surface area (Å²) in [4.78, 5) is 7.92. The molecule has 0 radical (unpaired) electrons. The predicted octanol–water partition coefficient (Wildman–Crippen LogP) is 4.51. The zero-order valence-electron chi connectivity index (χ0n) is 11.0. The molecule has 0 spiro atoms. The van der Waals surface area contributed by atoms with Crippen LogP contribution in [-0.2, 0) is 5.75 Å². The van der Waals surface area contributed by atoms with E-state index in [0.29, 0.717) is 0 Å². The van der Waals surface area contributed by atoms with Gasteiger partial charge in [0.2, 0.25) is 0 Å². The maximum Gasteiger partial charge on any atom is 0.166 e. The summed E-state index contributed by atoms with van der Waals surface area (Å²) < 4.78 is 0.936. The van der Waals surface area contributed by atoms with E-state index in [4.69, 9.17) is 5.73 Å². The van der Waals surface area contributed by atoms with E-state index in [9.17, 15) is 0 Å². The number of aromatic amines is 1. The molecule has 5 heteroatoms. The monoisotopic (exact) mass is 347 g/mol. The molecule has 2 aromatic carbocycles. The summed E-state index contributed by atoms with van der Waals surface area (Å²) in [7, 11) is 0. The molecule has 0 bridgehead atoms. The number of hydrogen-bond acceptors (Lipinski definition) is 3. The van der Waals surface area contributed by atoms with Gasteiger partial charge >= 0.3 is 0 Å². The summed E-state index contributed by atoms with van der Waals surface area (Å²) >= 11 is 5.09. The molecular formula is C15H14BrN3S. The number of nitrogens with one attached hydrogen (secondary N) is 1. The quantitative estimate of drug-likeness (QED) is 0.541. The van der Waals surface area contributed by atoms with Crippen molar-refractivity contribution >= 4 is 44.4 Å². The predicted molar refractivity (Wildman–Crippen MR) is 88.9 cm³/mol. The van der Waals surface area contributed by atoms with Crippen molar-refractivity contribution in [3.8, 4) is 0 Å². The van der Waals surface area contributed by atoms with Gasteiger partial charge in [-0.05, 0) is 58.2 Å². The summed E-state index contributed by atoms with van der Waals surface area (Å²) in [5.41, 5.74) is 11.2. The fourth-order valence-electron chi connectivity index (χ4n) is 2.00. The highest BCUT2D eigenvalue weighted by atomic mass is 79.9. The number of rotatable bonds is 3. The van der Waals surface area contributed by atoms with Crippen LogP contribution in [-0.4, -0.2) is 9.97 Å². The van der Waals surface area contributed by atoms with E-state index in [-0.39, 0.29) is 0 Å². The second-order valence-electron chi connectivity index (χ2n) is 4.71. The smallest absolute Gasteiger partial charge is 0.166 e. The van der Waals surface area contributed by atoms with Gasteiger partial charge in [0.15, 0.2) is 5.16 Å². The van der Waals surface area contributed by atoms with Crippen LogP contribution >= 0.6 is 27.7 Å². The maximum atomic E-state index is 5.89. The van der Waals surface area contributed by atoms with Crippen molar-refractivity contribution in [2.24, 2.45) is 0 Å². The van der Waals surface area contributed by atoms with Crippen molar-refractivity contribution in [3.05, 3.63) is 52.0 Å². The number of H-pyrrole nitrogens is 1. The number of nitrogen functional groups attached to an aromatic ring is 1. The number of fused-ring (bicyclic) bond motifs is 1. The van der Waals surface area contributed by atoms with Gasteiger partial charge in [-0.25, -0.2) is 4.98 Å². The van der Waals surface area contributed by atoms with Gasteiger partial charge in [-0.1, -0.05) is 23.9 Å². The number of anilines is 1.